The molecule has 0 atom stereocenters. The van der Waals surface area contributed by atoms with Gasteiger partial charge in [0.2, 0.25) is 0 Å². The molecule has 1 aromatic rings. The molecule has 0 aliphatic rings. The number of carbonyl (C=O) groups excluding carboxylic acids is 1. The van der Waals surface area contributed by atoms with E-state index in [1.807, 2.05) is 0 Å². The number of furan rings is 1. The Morgan fingerprint density at radius 1 is 1.50 bits per heavy atom. The molecule has 0 aliphatic carbocycles. The molecule has 0 fully saturated rings. The molecular weight excluding hydrogens is 236 g/mol. The second kappa shape index (κ2) is 8.13. The van der Waals surface area contributed by atoms with Crippen molar-refractivity contribution in [3.63, 3.8) is 0 Å². The number of carbonyl (C=O) groups is 1. The highest BCUT2D eigenvalue weighted by Gasteiger charge is 2.06. The topological polar surface area (TPSA) is 102 Å². The molecule has 0 saturated heterocycles. The van der Waals surface area contributed by atoms with E-state index in [2.05, 4.69) is 15.6 Å². The van der Waals surface area contributed by atoms with Crippen LogP contribution in [0.5, 0.6) is 0 Å². The molecule has 0 radical (unpaired) electrons. The molecule has 18 heavy (non-hydrogen) atoms. The van der Waals surface area contributed by atoms with Crippen LogP contribution in [0.3, 0.4) is 0 Å². The Labute approximate surface area is 105 Å². The lowest BCUT2D eigenvalue weighted by Crippen LogP contribution is -2.38. The second-order valence-corrected chi connectivity index (χ2v) is 3.42. The van der Waals surface area contributed by atoms with Gasteiger partial charge in [0, 0.05) is 20.2 Å². The van der Waals surface area contributed by atoms with Crippen LogP contribution in [0.25, 0.3) is 0 Å². The predicted molar refractivity (Wildman–Crippen MR) is 67.4 cm³/mol. The van der Waals surface area contributed by atoms with Crippen molar-refractivity contribution in [3.05, 3.63) is 24.2 Å². The Hall–Kier alpha value is -2.02. The summed E-state index contributed by atoms with van der Waals surface area (Å²) in [4.78, 5) is 15.5. The van der Waals surface area contributed by atoms with Crippen LogP contribution in [0.2, 0.25) is 0 Å². The van der Waals surface area contributed by atoms with E-state index in [9.17, 15) is 4.79 Å². The van der Waals surface area contributed by atoms with Crippen molar-refractivity contribution < 1.29 is 13.9 Å². The third-order valence-corrected chi connectivity index (χ3v) is 2.04. The number of nitrogens with two attached hydrogens (primary N) is 1. The maximum Gasteiger partial charge on any atom is 0.287 e. The van der Waals surface area contributed by atoms with Crippen molar-refractivity contribution in [1.82, 2.24) is 10.6 Å². The van der Waals surface area contributed by atoms with Crippen molar-refractivity contribution in [3.8, 4) is 0 Å². The smallest absolute Gasteiger partial charge is 0.287 e. The molecule has 1 amide bonds. The van der Waals surface area contributed by atoms with Crippen LogP contribution >= 0.6 is 0 Å². The number of guanidine groups is 1. The minimum atomic E-state index is -0.253. The molecule has 0 aromatic carbocycles. The summed E-state index contributed by atoms with van der Waals surface area (Å²) in [6, 6.07) is 3.26. The van der Waals surface area contributed by atoms with Gasteiger partial charge in [-0.25, -0.2) is 0 Å². The van der Waals surface area contributed by atoms with Crippen LogP contribution in [0.15, 0.2) is 27.8 Å². The van der Waals surface area contributed by atoms with E-state index in [-0.39, 0.29) is 11.7 Å². The highest BCUT2D eigenvalue weighted by molar-refractivity contribution is 5.91. The number of methoxy groups -OCH3 is 1. The fourth-order valence-electron chi connectivity index (χ4n) is 1.17. The summed E-state index contributed by atoms with van der Waals surface area (Å²) in [6.07, 6.45) is 1.45. The van der Waals surface area contributed by atoms with Crippen LogP contribution < -0.4 is 16.4 Å². The van der Waals surface area contributed by atoms with Crippen molar-refractivity contribution in [2.24, 2.45) is 10.7 Å². The van der Waals surface area contributed by atoms with Gasteiger partial charge in [0.1, 0.15) is 0 Å². The van der Waals surface area contributed by atoms with Gasteiger partial charge in [0.05, 0.1) is 19.4 Å². The molecule has 0 bridgehead atoms. The molecule has 100 valence electrons. The number of rotatable bonds is 7. The third-order valence-electron chi connectivity index (χ3n) is 2.04. The highest BCUT2D eigenvalue weighted by Crippen LogP contribution is 1.98. The standard InChI is InChI=1S/C11H18N4O3/c1-17-8-6-15-11(12)14-5-4-13-10(16)9-3-2-7-18-9/h2-3,7H,4-6,8H2,1H3,(H,13,16)(H3,12,14,15). The maximum atomic E-state index is 11.5. The Balaban J connectivity index is 2.11. The summed E-state index contributed by atoms with van der Waals surface area (Å²) in [5.74, 6) is 0.368. The normalized spacial score (nSPS) is 11.3. The van der Waals surface area contributed by atoms with Crippen molar-refractivity contribution in [1.29, 1.82) is 0 Å². The molecule has 7 nitrogen and oxygen atoms in total. The molecule has 4 N–H and O–H groups in total. The molecule has 0 spiro atoms. The van der Waals surface area contributed by atoms with E-state index in [1.165, 1.54) is 6.26 Å². The lowest BCUT2D eigenvalue weighted by Gasteiger charge is -2.06. The minimum absolute atomic E-state index is 0.253. The van der Waals surface area contributed by atoms with Gasteiger partial charge in [-0.05, 0) is 12.1 Å². The first-order chi connectivity index (χ1) is 8.74. The Morgan fingerprint density at radius 2 is 2.28 bits per heavy atom. The number of nitrogens with one attached hydrogen (secondary N) is 2. The first-order valence-corrected chi connectivity index (χ1v) is 5.58. The number of hydrogen-bond donors (Lipinski definition) is 3. The molecule has 0 unspecified atom stereocenters. The van der Waals surface area contributed by atoms with Gasteiger partial charge in [-0.15, -0.1) is 0 Å². The maximum absolute atomic E-state index is 11.5. The largest absolute Gasteiger partial charge is 0.459 e. The van der Waals surface area contributed by atoms with Gasteiger partial charge in [-0.3, -0.25) is 9.79 Å². The molecule has 7 heteroatoms. The average Bonchev–Trinajstić information content (AvgIpc) is 2.88. The highest BCUT2D eigenvalue weighted by atomic mass is 16.5. The Kier molecular flexibility index (Phi) is 6.34. The summed E-state index contributed by atoms with van der Waals surface area (Å²) in [5.41, 5.74) is 5.58. The number of ether oxygens (including phenoxy) is 1. The molecular formula is C11H18N4O3. The number of aliphatic imine (C=N–C) groups is 1. The van der Waals surface area contributed by atoms with E-state index in [0.29, 0.717) is 32.2 Å². The molecule has 1 rings (SSSR count). The zero-order valence-corrected chi connectivity index (χ0v) is 10.3. The Bertz CT molecular complexity index is 376. The molecule has 0 aliphatic heterocycles. The van der Waals surface area contributed by atoms with Crippen LogP contribution in [0, 0.1) is 0 Å². The van der Waals surface area contributed by atoms with Gasteiger partial charge in [-0.1, -0.05) is 0 Å². The molecule has 1 heterocycles. The lowest BCUT2D eigenvalue weighted by molar-refractivity contribution is 0.0926. The van der Waals surface area contributed by atoms with Crippen molar-refractivity contribution >= 4 is 11.9 Å². The third kappa shape index (κ3) is 5.35. The summed E-state index contributed by atoms with van der Waals surface area (Å²) < 4.78 is 9.78. The van der Waals surface area contributed by atoms with Gasteiger partial charge in [0.15, 0.2) is 11.7 Å². The molecule has 1 aromatic heterocycles. The fraction of sp³-hybridized carbons (Fsp3) is 0.455. The summed E-state index contributed by atoms with van der Waals surface area (Å²) in [5, 5.41) is 5.55. The van der Waals surface area contributed by atoms with E-state index in [4.69, 9.17) is 14.9 Å². The van der Waals surface area contributed by atoms with Crippen molar-refractivity contribution in [2.45, 2.75) is 0 Å². The van der Waals surface area contributed by atoms with Gasteiger partial charge in [0.25, 0.3) is 5.91 Å². The fourth-order valence-corrected chi connectivity index (χ4v) is 1.17. The van der Waals surface area contributed by atoms with E-state index in [0.717, 1.165) is 0 Å². The predicted octanol–water partition coefficient (Wildman–Crippen LogP) is -0.440. The van der Waals surface area contributed by atoms with E-state index < -0.39 is 0 Å². The zero-order valence-electron chi connectivity index (χ0n) is 10.3. The first-order valence-electron chi connectivity index (χ1n) is 5.58. The average molecular weight is 254 g/mol. The molecule has 0 saturated carbocycles. The number of amides is 1. The Morgan fingerprint density at radius 3 is 2.94 bits per heavy atom. The number of hydrogen-bond acceptors (Lipinski definition) is 4. The van der Waals surface area contributed by atoms with Crippen LogP contribution in [-0.2, 0) is 4.74 Å². The van der Waals surface area contributed by atoms with Crippen LogP contribution in [0.4, 0.5) is 0 Å². The minimum Gasteiger partial charge on any atom is -0.459 e. The van der Waals surface area contributed by atoms with Crippen LogP contribution in [0.1, 0.15) is 10.6 Å². The van der Waals surface area contributed by atoms with Crippen LogP contribution in [-0.4, -0.2) is 45.2 Å². The van der Waals surface area contributed by atoms with E-state index in [1.54, 1.807) is 19.2 Å². The quantitative estimate of drug-likeness (QED) is 0.348. The summed E-state index contributed by atoms with van der Waals surface area (Å²) >= 11 is 0. The van der Waals surface area contributed by atoms with Gasteiger partial charge < -0.3 is 25.5 Å². The SMILES string of the molecule is COCCN=C(N)NCCNC(=O)c1ccco1. The monoisotopic (exact) mass is 254 g/mol. The second-order valence-electron chi connectivity index (χ2n) is 3.42. The van der Waals surface area contributed by atoms with E-state index >= 15 is 0 Å². The summed E-state index contributed by atoms with van der Waals surface area (Å²) in [7, 11) is 1.60. The van der Waals surface area contributed by atoms with Crippen molar-refractivity contribution in [2.75, 3.05) is 33.4 Å². The first kappa shape index (κ1) is 14.0. The van der Waals surface area contributed by atoms with Gasteiger partial charge >= 0.3 is 0 Å². The van der Waals surface area contributed by atoms with Gasteiger partial charge in [-0.2, -0.15) is 0 Å². The summed E-state index contributed by atoms with van der Waals surface area (Å²) in [6.45, 7) is 1.96. The number of nitrogens with zero attached hydrogens (tertiary/aromatic N) is 1. The zero-order chi connectivity index (χ0) is 13.2. The lowest BCUT2D eigenvalue weighted by atomic mass is 10.4.